The van der Waals surface area contributed by atoms with Gasteiger partial charge in [-0.2, -0.15) is 14.5 Å². The Kier molecular flexibility index (Phi) is 10.5. The van der Waals surface area contributed by atoms with Crippen molar-refractivity contribution in [3.8, 4) is 5.88 Å². The number of hydrogen-bond donors (Lipinski definition) is 1. The van der Waals surface area contributed by atoms with Crippen LogP contribution in [0.4, 0.5) is 5.82 Å². The van der Waals surface area contributed by atoms with Crippen LogP contribution in [-0.4, -0.2) is 76.9 Å². The third-order valence-corrected chi connectivity index (χ3v) is 6.66. The van der Waals surface area contributed by atoms with Gasteiger partial charge in [-0.15, -0.1) is 42.3 Å². The predicted octanol–water partition coefficient (Wildman–Crippen LogP) is 3.32. The summed E-state index contributed by atoms with van der Waals surface area (Å²) in [5.41, 5.74) is 0. The third-order valence-electron chi connectivity index (χ3n) is 6.66. The summed E-state index contributed by atoms with van der Waals surface area (Å²) in [6.45, 7) is 6.10. The second kappa shape index (κ2) is 12.4. The van der Waals surface area contributed by atoms with Gasteiger partial charge in [0.2, 0.25) is 5.88 Å². The SMILES string of the molecule is CN1CCN(c2cc(OC3CCNCC3)nc3nc(C4CCCCC4)nn23)CC1.Cl.Cl.Cl. The number of piperidine rings is 1. The number of ether oxygens (including phenoxy) is 1. The Balaban J connectivity index is 0.00000121. The number of rotatable bonds is 4. The maximum Gasteiger partial charge on any atom is 0.257 e. The van der Waals surface area contributed by atoms with Crippen LogP contribution < -0.4 is 15.0 Å². The van der Waals surface area contributed by atoms with E-state index in [0.717, 1.165) is 63.8 Å². The van der Waals surface area contributed by atoms with Gasteiger partial charge in [-0.1, -0.05) is 19.3 Å². The van der Waals surface area contributed by atoms with Crippen LogP contribution in [0.3, 0.4) is 0 Å². The van der Waals surface area contributed by atoms with E-state index in [2.05, 4.69) is 28.2 Å². The molecular formula is C21H36Cl3N7O. The van der Waals surface area contributed by atoms with Crippen LogP contribution in [0.1, 0.15) is 56.7 Å². The molecule has 8 nitrogen and oxygen atoms in total. The van der Waals surface area contributed by atoms with Crippen LogP contribution in [0, 0.1) is 0 Å². The molecule has 5 rings (SSSR count). The normalized spacial score (nSPS) is 20.8. The molecule has 0 aromatic carbocycles. The lowest BCUT2D eigenvalue weighted by molar-refractivity contribution is 0.156. The van der Waals surface area contributed by atoms with Gasteiger partial charge in [-0.05, 0) is 45.8 Å². The topological polar surface area (TPSA) is 70.8 Å². The second-order valence-corrected chi connectivity index (χ2v) is 8.83. The first-order valence-electron chi connectivity index (χ1n) is 11.3. The van der Waals surface area contributed by atoms with Gasteiger partial charge in [0.1, 0.15) is 11.9 Å². The number of nitrogens with zero attached hydrogens (tertiary/aromatic N) is 6. The van der Waals surface area contributed by atoms with Crippen molar-refractivity contribution in [2.24, 2.45) is 0 Å². The van der Waals surface area contributed by atoms with Gasteiger partial charge in [-0.25, -0.2) is 0 Å². The number of halogens is 3. The van der Waals surface area contributed by atoms with Gasteiger partial charge in [0.15, 0.2) is 5.82 Å². The highest BCUT2D eigenvalue weighted by Gasteiger charge is 2.25. The highest BCUT2D eigenvalue weighted by molar-refractivity contribution is 5.86. The first-order valence-corrected chi connectivity index (χ1v) is 11.3. The number of hydrogen-bond acceptors (Lipinski definition) is 7. The Labute approximate surface area is 209 Å². The fourth-order valence-corrected chi connectivity index (χ4v) is 4.79. The van der Waals surface area contributed by atoms with E-state index in [0.29, 0.717) is 17.6 Å². The molecule has 3 fully saturated rings. The van der Waals surface area contributed by atoms with Crippen LogP contribution in [0.15, 0.2) is 6.07 Å². The Bertz CT molecular complexity index is 832. The molecule has 0 spiro atoms. The Hall–Kier alpha value is -1.06. The molecule has 0 atom stereocenters. The monoisotopic (exact) mass is 507 g/mol. The lowest BCUT2D eigenvalue weighted by Gasteiger charge is -2.34. The minimum absolute atomic E-state index is 0. The number of nitrogens with one attached hydrogen (secondary N) is 1. The summed E-state index contributed by atoms with van der Waals surface area (Å²) in [6.07, 6.45) is 8.56. The molecule has 0 radical (unpaired) electrons. The van der Waals surface area contributed by atoms with Gasteiger partial charge in [0, 0.05) is 38.2 Å². The molecule has 0 amide bonds. The van der Waals surface area contributed by atoms with E-state index < -0.39 is 0 Å². The van der Waals surface area contributed by atoms with Crippen LogP contribution in [0.2, 0.25) is 0 Å². The van der Waals surface area contributed by atoms with Gasteiger partial charge in [-0.3, -0.25) is 0 Å². The maximum atomic E-state index is 6.30. The summed E-state index contributed by atoms with van der Waals surface area (Å²) in [6, 6.07) is 2.08. The first kappa shape index (κ1) is 27.2. The van der Waals surface area contributed by atoms with E-state index in [1.54, 1.807) is 0 Å². The Morgan fingerprint density at radius 2 is 1.59 bits per heavy atom. The molecule has 2 aliphatic heterocycles. The van der Waals surface area contributed by atoms with Gasteiger partial charge < -0.3 is 19.9 Å². The zero-order valence-electron chi connectivity index (χ0n) is 18.7. The number of fused-ring (bicyclic) bond motifs is 1. The lowest BCUT2D eigenvalue weighted by Crippen LogP contribution is -2.45. The summed E-state index contributed by atoms with van der Waals surface area (Å²) >= 11 is 0. The molecule has 2 aromatic heterocycles. The third kappa shape index (κ3) is 6.08. The van der Waals surface area contributed by atoms with Gasteiger partial charge >= 0.3 is 0 Å². The van der Waals surface area contributed by atoms with E-state index in [4.69, 9.17) is 19.8 Å². The molecule has 1 saturated carbocycles. The van der Waals surface area contributed by atoms with Crippen molar-refractivity contribution in [1.82, 2.24) is 29.8 Å². The molecule has 2 aromatic rings. The van der Waals surface area contributed by atoms with E-state index >= 15 is 0 Å². The number of aromatic nitrogens is 4. The Morgan fingerprint density at radius 1 is 0.906 bits per heavy atom. The number of anilines is 1. The van der Waals surface area contributed by atoms with Crippen LogP contribution in [-0.2, 0) is 0 Å². The fourth-order valence-electron chi connectivity index (χ4n) is 4.79. The van der Waals surface area contributed by atoms with Crippen molar-refractivity contribution in [3.63, 3.8) is 0 Å². The van der Waals surface area contributed by atoms with Crippen molar-refractivity contribution in [2.75, 3.05) is 51.2 Å². The van der Waals surface area contributed by atoms with E-state index in [9.17, 15) is 0 Å². The fraction of sp³-hybridized carbons (Fsp3) is 0.762. The summed E-state index contributed by atoms with van der Waals surface area (Å²) < 4.78 is 8.26. The number of likely N-dealkylation sites (N-methyl/N-ethyl adjacent to an activating group) is 1. The molecule has 0 bridgehead atoms. The van der Waals surface area contributed by atoms with Crippen LogP contribution in [0.5, 0.6) is 5.88 Å². The minimum Gasteiger partial charge on any atom is -0.474 e. The molecule has 0 unspecified atom stereocenters. The molecule has 1 N–H and O–H groups in total. The predicted molar refractivity (Wildman–Crippen MR) is 135 cm³/mol. The summed E-state index contributed by atoms with van der Waals surface area (Å²) in [5.74, 6) is 3.89. The highest BCUT2D eigenvalue weighted by Crippen LogP contribution is 2.32. The Morgan fingerprint density at radius 3 is 2.28 bits per heavy atom. The zero-order valence-corrected chi connectivity index (χ0v) is 21.2. The second-order valence-electron chi connectivity index (χ2n) is 8.83. The maximum absolute atomic E-state index is 6.30. The number of piperazine rings is 1. The molecule has 11 heteroatoms. The smallest absolute Gasteiger partial charge is 0.257 e. The molecule has 1 aliphatic carbocycles. The van der Waals surface area contributed by atoms with Crippen LogP contribution in [0.25, 0.3) is 5.78 Å². The molecule has 2 saturated heterocycles. The van der Waals surface area contributed by atoms with Crippen molar-refractivity contribution in [3.05, 3.63) is 11.9 Å². The standard InChI is InChI=1S/C21H33N7O.3ClH/c1-26-11-13-27(14-12-26)19-15-18(29-17-7-9-22-10-8-17)23-21-24-20(25-28(19)21)16-5-3-2-4-6-16;;;/h15-17,22H,2-14H2,1H3;3*1H. The van der Waals surface area contributed by atoms with Crippen LogP contribution >= 0.6 is 37.2 Å². The van der Waals surface area contributed by atoms with E-state index in [1.807, 2.05) is 4.52 Å². The summed E-state index contributed by atoms with van der Waals surface area (Å²) in [4.78, 5) is 14.4. The lowest BCUT2D eigenvalue weighted by atomic mass is 9.89. The minimum atomic E-state index is 0. The largest absolute Gasteiger partial charge is 0.474 e. The van der Waals surface area contributed by atoms with E-state index in [1.165, 1.54) is 32.1 Å². The van der Waals surface area contributed by atoms with Crippen molar-refractivity contribution in [2.45, 2.75) is 57.0 Å². The molecular weight excluding hydrogens is 473 g/mol. The molecule has 182 valence electrons. The van der Waals surface area contributed by atoms with Crippen molar-refractivity contribution < 1.29 is 4.74 Å². The molecule has 4 heterocycles. The highest BCUT2D eigenvalue weighted by atomic mass is 35.5. The summed E-state index contributed by atoms with van der Waals surface area (Å²) in [7, 11) is 2.18. The average Bonchev–Trinajstić information content (AvgIpc) is 3.19. The molecule has 3 aliphatic rings. The zero-order chi connectivity index (χ0) is 19.6. The van der Waals surface area contributed by atoms with Crippen molar-refractivity contribution >= 4 is 48.8 Å². The molecule has 32 heavy (non-hydrogen) atoms. The van der Waals surface area contributed by atoms with Crippen molar-refractivity contribution in [1.29, 1.82) is 0 Å². The first-order chi connectivity index (χ1) is 14.3. The average molecular weight is 509 g/mol. The summed E-state index contributed by atoms with van der Waals surface area (Å²) in [5, 5.41) is 8.34. The van der Waals surface area contributed by atoms with Gasteiger partial charge in [0.25, 0.3) is 5.78 Å². The quantitative estimate of drug-likeness (QED) is 0.679. The van der Waals surface area contributed by atoms with E-state index in [-0.39, 0.29) is 43.3 Å². The van der Waals surface area contributed by atoms with Gasteiger partial charge in [0.05, 0.1) is 0 Å².